The second-order valence-corrected chi connectivity index (χ2v) is 8.84. The van der Waals surface area contributed by atoms with Crippen molar-refractivity contribution in [3.63, 3.8) is 0 Å². The van der Waals surface area contributed by atoms with Crippen molar-refractivity contribution in [3.05, 3.63) is 57.5 Å². The zero-order valence-corrected chi connectivity index (χ0v) is 21.4. The van der Waals surface area contributed by atoms with Crippen LogP contribution in [0.4, 0.5) is 0 Å². The molecule has 0 saturated carbocycles. The highest BCUT2D eigenvalue weighted by atomic mass is 35.5. The molecular formula is C24H33Cl2N5O3. The van der Waals surface area contributed by atoms with E-state index in [9.17, 15) is 9.59 Å². The number of amides is 1. The van der Waals surface area contributed by atoms with E-state index in [0.717, 1.165) is 5.56 Å². The monoisotopic (exact) mass is 509 g/mol. The van der Waals surface area contributed by atoms with E-state index in [1.165, 1.54) is 6.20 Å². The number of hydrogen-bond donors (Lipinski definition) is 4. The molecule has 0 radical (unpaired) electrons. The minimum Gasteiger partial charge on any atom is -0.466 e. The number of aliphatic imine (C=N–C) groups is 1. The predicted molar refractivity (Wildman–Crippen MR) is 137 cm³/mol. The summed E-state index contributed by atoms with van der Waals surface area (Å²) >= 11 is 12.0. The molecule has 10 heteroatoms. The fraction of sp³-hybridized carbons (Fsp3) is 0.458. The van der Waals surface area contributed by atoms with Crippen molar-refractivity contribution in [1.82, 2.24) is 16.0 Å². The molecule has 0 unspecified atom stereocenters. The second-order valence-electron chi connectivity index (χ2n) is 8.02. The van der Waals surface area contributed by atoms with Crippen LogP contribution in [0, 0.1) is 5.41 Å². The van der Waals surface area contributed by atoms with E-state index in [4.69, 9.17) is 33.7 Å². The van der Waals surface area contributed by atoms with Gasteiger partial charge in [0.25, 0.3) is 5.91 Å². The molecule has 0 spiro atoms. The van der Waals surface area contributed by atoms with Gasteiger partial charge in [-0.1, -0.05) is 29.3 Å². The first-order chi connectivity index (χ1) is 16.3. The summed E-state index contributed by atoms with van der Waals surface area (Å²) in [6.45, 7) is 7.51. The van der Waals surface area contributed by atoms with Crippen LogP contribution < -0.4 is 21.7 Å². The van der Waals surface area contributed by atoms with E-state index < -0.39 is 11.3 Å². The van der Waals surface area contributed by atoms with Crippen molar-refractivity contribution < 1.29 is 14.3 Å². The molecule has 1 aliphatic rings. The third-order valence-corrected chi connectivity index (χ3v) is 6.39. The maximum Gasteiger partial charge on any atom is 0.314 e. The van der Waals surface area contributed by atoms with Crippen LogP contribution in [0.15, 0.2) is 46.9 Å². The van der Waals surface area contributed by atoms with Crippen molar-refractivity contribution in [2.45, 2.75) is 40.2 Å². The van der Waals surface area contributed by atoms with Gasteiger partial charge in [0.05, 0.1) is 28.6 Å². The number of carbonyl (C=O) groups is 2. The third kappa shape index (κ3) is 7.48. The molecule has 1 aromatic rings. The van der Waals surface area contributed by atoms with Crippen LogP contribution >= 0.6 is 23.2 Å². The summed E-state index contributed by atoms with van der Waals surface area (Å²) in [6.07, 6.45) is 4.24. The van der Waals surface area contributed by atoms with Crippen LogP contribution in [0.25, 0.3) is 0 Å². The number of nitrogens with two attached hydrogens (primary N) is 1. The Balaban J connectivity index is 2.16. The number of nitrogens with one attached hydrogen (secondary N) is 3. The second kappa shape index (κ2) is 13.4. The van der Waals surface area contributed by atoms with Crippen molar-refractivity contribution in [2.75, 3.05) is 26.2 Å². The first-order valence-electron chi connectivity index (χ1n) is 11.2. The Morgan fingerprint density at radius 1 is 1.26 bits per heavy atom. The lowest BCUT2D eigenvalue weighted by atomic mass is 9.79. The van der Waals surface area contributed by atoms with Gasteiger partial charge in [-0.05, 0) is 82.2 Å². The van der Waals surface area contributed by atoms with Gasteiger partial charge in [-0.25, -0.2) is 0 Å². The Morgan fingerprint density at radius 2 is 1.97 bits per heavy atom. The summed E-state index contributed by atoms with van der Waals surface area (Å²) in [5.41, 5.74) is 6.51. The van der Waals surface area contributed by atoms with E-state index in [1.54, 1.807) is 39.0 Å². The molecule has 0 bridgehead atoms. The summed E-state index contributed by atoms with van der Waals surface area (Å²) in [4.78, 5) is 30.4. The molecule has 8 nitrogen and oxygen atoms in total. The number of ether oxygens (including phenoxy) is 1. The Labute approximate surface area is 211 Å². The van der Waals surface area contributed by atoms with Crippen molar-refractivity contribution >= 4 is 40.8 Å². The fourth-order valence-electron chi connectivity index (χ4n) is 3.55. The standard InChI is InChI=1S/C24H33Cl2N5O3/c1-4-20(29-14-17-6-7-18(25)19(26)12-17)31-22(32)21(16(3)13-27)30-15-24(23(33)34-5-2)8-10-28-11-9-24/h4,6-7,12-13,28-29H,5,8-11,14-15,27H2,1-3H3,(H,31,32)/b16-13-,20-4?,30-21?. The van der Waals surface area contributed by atoms with Gasteiger partial charge >= 0.3 is 5.97 Å². The number of hydrogen-bond acceptors (Lipinski definition) is 7. The van der Waals surface area contributed by atoms with Crippen molar-refractivity contribution in [2.24, 2.45) is 16.1 Å². The molecule has 1 fully saturated rings. The quantitative estimate of drug-likeness (QED) is 0.284. The van der Waals surface area contributed by atoms with E-state index in [0.29, 0.717) is 60.5 Å². The van der Waals surface area contributed by atoms with Crippen LogP contribution in [-0.4, -0.2) is 43.8 Å². The minimum atomic E-state index is -0.767. The Hall–Kier alpha value is -2.55. The molecular weight excluding hydrogens is 477 g/mol. The lowest BCUT2D eigenvalue weighted by molar-refractivity contribution is -0.156. The van der Waals surface area contributed by atoms with Crippen LogP contribution in [0.5, 0.6) is 0 Å². The van der Waals surface area contributed by atoms with Gasteiger partial charge in [0.15, 0.2) is 0 Å². The first-order valence-corrected chi connectivity index (χ1v) is 12.0. The van der Waals surface area contributed by atoms with E-state index >= 15 is 0 Å². The topological polar surface area (TPSA) is 118 Å². The highest BCUT2D eigenvalue weighted by Gasteiger charge is 2.41. The number of halogens is 2. The largest absolute Gasteiger partial charge is 0.466 e. The average molecular weight is 510 g/mol. The molecule has 186 valence electrons. The highest BCUT2D eigenvalue weighted by Crippen LogP contribution is 2.31. The Kier molecular flexibility index (Phi) is 10.9. The van der Waals surface area contributed by atoms with Crippen molar-refractivity contribution in [3.8, 4) is 0 Å². The summed E-state index contributed by atoms with van der Waals surface area (Å²) < 4.78 is 5.32. The summed E-state index contributed by atoms with van der Waals surface area (Å²) in [7, 11) is 0. The van der Waals surface area contributed by atoms with E-state index in [2.05, 4.69) is 20.9 Å². The third-order valence-electron chi connectivity index (χ3n) is 5.65. The lowest BCUT2D eigenvalue weighted by Crippen LogP contribution is -2.45. The molecule has 0 aromatic heterocycles. The molecule has 5 N–H and O–H groups in total. The maximum absolute atomic E-state index is 13.1. The van der Waals surface area contributed by atoms with Crippen molar-refractivity contribution in [1.29, 1.82) is 0 Å². The Morgan fingerprint density at radius 3 is 2.56 bits per heavy atom. The van der Waals surface area contributed by atoms with Gasteiger partial charge < -0.3 is 26.4 Å². The maximum atomic E-state index is 13.1. The van der Waals surface area contributed by atoms with Crippen LogP contribution in [0.1, 0.15) is 39.2 Å². The summed E-state index contributed by atoms with van der Waals surface area (Å²) in [6, 6.07) is 5.32. The van der Waals surface area contributed by atoms with E-state index in [-0.39, 0.29) is 18.2 Å². The Bertz CT molecular complexity index is 969. The SMILES string of the molecule is CC=C(NCc1ccc(Cl)c(Cl)c1)NC(=O)C(=NCC1(C(=O)OCC)CCNCC1)/C(C)=C\N. The zero-order valence-electron chi connectivity index (χ0n) is 19.8. The normalized spacial score (nSPS) is 16.7. The summed E-state index contributed by atoms with van der Waals surface area (Å²) in [5.74, 6) is -0.218. The van der Waals surface area contributed by atoms with Gasteiger partial charge in [0, 0.05) is 6.54 Å². The molecule has 0 aliphatic carbocycles. The van der Waals surface area contributed by atoms with Crippen LogP contribution in [-0.2, 0) is 20.9 Å². The molecule has 0 atom stereocenters. The molecule has 1 saturated heterocycles. The van der Waals surface area contributed by atoms with Gasteiger partial charge in [0.2, 0.25) is 0 Å². The summed E-state index contributed by atoms with van der Waals surface area (Å²) in [5, 5.41) is 10.2. The van der Waals surface area contributed by atoms with Crippen LogP contribution in [0.3, 0.4) is 0 Å². The minimum absolute atomic E-state index is 0.142. The number of benzene rings is 1. The average Bonchev–Trinajstić information content (AvgIpc) is 2.84. The first kappa shape index (κ1) is 27.7. The number of esters is 1. The molecule has 34 heavy (non-hydrogen) atoms. The molecule has 1 aliphatic heterocycles. The predicted octanol–water partition coefficient (Wildman–Crippen LogP) is 3.30. The number of nitrogens with zero attached hydrogens (tertiary/aromatic N) is 1. The number of piperidine rings is 1. The molecule has 1 amide bonds. The smallest absolute Gasteiger partial charge is 0.314 e. The van der Waals surface area contributed by atoms with E-state index in [1.807, 2.05) is 6.07 Å². The van der Waals surface area contributed by atoms with Crippen LogP contribution in [0.2, 0.25) is 10.0 Å². The van der Waals surface area contributed by atoms with Gasteiger partial charge in [-0.3, -0.25) is 14.6 Å². The number of rotatable bonds is 10. The number of carbonyl (C=O) groups excluding carboxylic acids is 2. The van der Waals surface area contributed by atoms with Gasteiger partial charge in [0.1, 0.15) is 11.5 Å². The highest BCUT2D eigenvalue weighted by molar-refractivity contribution is 6.45. The van der Waals surface area contributed by atoms with Gasteiger partial charge in [-0.2, -0.15) is 0 Å². The number of allylic oxidation sites excluding steroid dienone is 1. The fourth-order valence-corrected chi connectivity index (χ4v) is 3.87. The molecule has 1 heterocycles. The lowest BCUT2D eigenvalue weighted by Gasteiger charge is -2.34. The van der Waals surface area contributed by atoms with Gasteiger partial charge in [-0.15, -0.1) is 0 Å². The molecule has 1 aromatic carbocycles. The molecule has 2 rings (SSSR count). The zero-order chi connectivity index (χ0) is 25.1.